The van der Waals surface area contributed by atoms with Crippen LogP contribution in [0.15, 0.2) is 22.4 Å². The monoisotopic (exact) mass is 230 g/mol. The zero-order valence-electron chi connectivity index (χ0n) is 10.1. The second-order valence-corrected chi connectivity index (χ2v) is 4.24. The van der Waals surface area contributed by atoms with E-state index < -0.39 is 0 Å². The molecule has 6 heteroatoms. The number of benzene rings is 1. The smallest absolute Gasteiger partial charge is 0.0411 e. The molecule has 0 aromatic heterocycles. The maximum Gasteiger partial charge on any atom is 0.0411 e. The summed E-state index contributed by atoms with van der Waals surface area (Å²) in [4.78, 5) is 5.56. The van der Waals surface area contributed by atoms with E-state index in [1.165, 1.54) is 0 Å². The normalized spacial score (nSPS) is 9.65. The lowest BCUT2D eigenvalue weighted by Gasteiger charge is -2.10. The first-order valence-electron chi connectivity index (χ1n) is 5.32. The van der Waals surface area contributed by atoms with Crippen molar-refractivity contribution in [2.75, 3.05) is 0 Å². The highest BCUT2D eigenvalue weighted by atomic mass is 15.1. The van der Waals surface area contributed by atoms with Crippen molar-refractivity contribution in [1.29, 1.82) is 0 Å². The lowest BCUT2D eigenvalue weighted by molar-refractivity contribution is 0.647. The Morgan fingerprint density at radius 2 is 1.59 bits per heavy atom. The van der Waals surface area contributed by atoms with E-state index in [1.54, 1.807) is 6.92 Å². The third-order valence-electron chi connectivity index (χ3n) is 2.36. The Hall–Kier alpha value is -2.16. The molecule has 0 unspecified atom stereocenters. The van der Waals surface area contributed by atoms with Gasteiger partial charge in [0.1, 0.15) is 0 Å². The molecule has 0 spiro atoms. The molecular weight excluding hydrogens is 216 g/mol. The van der Waals surface area contributed by atoms with Crippen molar-refractivity contribution in [3.8, 4) is 0 Å². The van der Waals surface area contributed by atoms with Crippen LogP contribution in [0.2, 0.25) is 0 Å². The van der Waals surface area contributed by atoms with Crippen molar-refractivity contribution in [2.24, 2.45) is 16.1 Å². The molecule has 0 aliphatic rings. The van der Waals surface area contributed by atoms with E-state index in [2.05, 4.69) is 33.9 Å². The molecule has 0 aliphatic heterocycles. The molecule has 1 aromatic rings. The Morgan fingerprint density at radius 1 is 1.12 bits per heavy atom. The Labute approximate surface area is 99.5 Å². The van der Waals surface area contributed by atoms with E-state index in [9.17, 15) is 0 Å². The number of rotatable bonds is 4. The molecule has 6 nitrogen and oxygen atoms in total. The summed E-state index contributed by atoms with van der Waals surface area (Å²) in [6, 6.07) is 3.68. The Morgan fingerprint density at radius 3 is 1.94 bits per heavy atom. The molecule has 0 saturated heterocycles. The Balaban J connectivity index is 3.35. The fourth-order valence-corrected chi connectivity index (χ4v) is 1.63. The number of nitrogens with zero attached hydrogens (tertiary/aromatic N) is 6. The zero-order valence-corrected chi connectivity index (χ0v) is 10.1. The van der Waals surface area contributed by atoms with Crippen LogP contribution >= 0.6 is 0 Å². The van der Waals surface area contributed by atoms with Crippen LogP contribution in [0.1, 0.15) is 25.0 Å². The fraction of sp³-hybridized carbons (Fsp3) is 0.455. The fourth-order valence-electron chi connectivity index (χ4n) is 1.63. The average Bonchev–Trinajstić information content (AvgIpc) is 2.24. The van der Waals surface area contributed by atoms with Crippen LogP contribution in [0.5, 0.6) is 0 Å². The lowest BCUT2D eigenvalue weighted by atomic mass is 10.00. The molecule has 0 bridgehead atoms. The minimum Gasteiger partial charge on any atom is -0.0625 e. The maximum absolute atomic E-state index is 8.49. The van der Waals surface area contributed by atoms with Gasteiger partial charge < -0.3 is 0 Å². The van der Waals surface area contributed by atoms with Gasteiger partial charge in [0.15, 0.2) is 0 Å². The van der Waals surface area contributed by atoms with E-state index >= 15 is 0 Å². The topological polar surface area (TPSA) is 97.5 Å². The molecule has 0 aliphatic carbocycles. The minimum absolute atomic E-state index is 0.482. The largest absolute Gasteiger partial charge is 0.0625 e. The summed E-state index contributed by atoms with van der Waals surface area (Å²) >= 11 is 0. The van der Waals surface area contributed by atoms with Crippen LogP contribution in [0.4, 0.5) is 11.4 Å². The quantitative estimate of drug-likeness (QED) is 0.391. The minimum atomic E-state index is 0.482. The third kappa shape index (κ3) is 3.41. The molecule has 0 N–H and O–H groups in total. The van der Waals surface area contributed by atoms with Gasteiger partial charge in [-0.1, -0.05) is 24.1 Å². The molecule has 0 atom stereocenters. The average molecular weight is 230 g/mol. The van der Waals surface area contributed by atoms with Gasteiger partial charge in [-0.25, -0.2) is 0 Å². The number of azide groups is 2. The molecule has 17 heavy (non-hydrogen) atoms. The van der Waals surface area contributed by atoms with Crippen LogP contribution in [0, 0.1) is 12.8 Å². The van der Waals surface area contributed by atoms with Gasteiger partial charge in [-0.3, -0.25) is 0 Å². The van der Waals surface area contributed by atoms with Gasteiger partial charge in [-0.2, -0.15) is 0 Å². The summed E-state index contributed by atoms with van der Waals surface area (Å²) in [5.74, 6) is 0.482. The van der Waals surface area contributed by atoms with Crippen molar-refractivity contribution in [3.63, 3.8) is 0 Å². The second-order valence-electron chi connectivity index (χ2n) is 4.24. The third-order valence-corrected chi connectivity index (χ3v) is 2.36. The summed E-state index contributed by atoms with van der Waals surface area (Å²) in [5.41, 5.74) is 19.7. The summed E-state index contributed by atoms with van der Waals surface area (Å²) < 4.78 is 0. The van der Waals surface area contributed by atoms with Crippen molar-refractivity contribution >= 4 is 11.4 Å². The molecule has 1 rings (SSSR count). The van der Waals surface area contributed by atoms with Gasteiger partial charge in [0, 0.05) is 21.2 Å². The Bertz CT molecular complexity index is 468. The second kappa shape index (κ2) is 5.80. The summed E-state index contributed by atoms with van der Waals surface area (Å²) in [7, 11) is 0. The first-order chi connectivity index (χ1) is 8.08. The van der Waals surface area contributed by atoms with E-state index in [1.807, 2.05) is 12.1 Å². The number of hydrogen-bond donors (Lipinski definition) is 0. The van der Waals surface area contributed by atoms with Gasteiger partial charge in [-0.05, 0) is 53.6 Å². The highest BCUT2D eigenvalue weighted by Crippen LogP contribution is 2.31. The van der Waals surface area contributed by atoms with Gasteiger partial charge in [0.25, 0.3) is 0 Å². The molecule has 0 heterocycles. The standard InChI is InChI=1S/C11H14N6/c1-7(2)4-9-5-10(14-16-12)8(3)11(6-9)15-17-13/h5-7H,4H2,1-3H3. The number of hydrogen-bond acceptors (Lipinski definition) is 2. The Kier molecular flexibility index (Phi) is 4.40. The van der Waals surface area contributed by atoms with E-state index in [0.29, 0.717) is 22.9 Å². The molecular formula is C11H14N6. The molecule has 0 fully saturated rings. The summed E-state index contributed by atoms with van der Waals surface area (Å²) in [6.07, 6.45) is 0.849. The molecule has 0 saturated carbocycles. The van der Waals surface area contributed by atoms with Gasteiger partial charge in [0.05, 0.1) is 0 Å². The first-order valence-corrected chi connectivity index (χ1v) is 5.32. The molecule has 1 aromatic carbocycles. The zero-order chi connectivity index (χ0) is 12.8. The molecule has 0 radical (unpaired) electrons. The molecule has 88 valence electrons. The summed E-state index contributed by atoms with van der Waals surface area (Å²) in [5, 5.41) is 7.23. The van der Waals surface area contributed by atoms with E-state index in [4.69, 9.17) is 11.1 Å². The van der Waals surface area contributed by atoms with Crippen LogP contribution < -0.4 is 0 Å². The van der Waals surface area contributed by atoms with Gasteiger partial charge in [-0.15, -0.1) is 0 Å². The van der Waals surface area contributed by atoms with Crippen LogP contribution in [-0.2, 0) is 6.42 Å². The highest BCUT2D eigenvalue weighted by molar-refractivity contribution is 5.61. The predicted molar refractivity (Wildman–Crippen MR) is 67.3 cm³/mol. The van der Waals surface area contributed by atoms with Crippen LogP contribution in [-0.4, -0.2) is 0 Å². The van der Waals surface area contributed by atoms with Gasteiger partial charge in [0.2, 0.25) is 0 Å². The van der Waals surface area contributed by atoms with Crippen molar-refractivity contribution < 1.29 is 0 Å². The SMILES string of the molecule is Cc1c(N=[N+]=[N-])cc(CC(C)C)cc1N=[N+]=[N-]. The van der Waals surface area contributed by atoms with Gasteiger partial charge >= 0.3 is 0 Å². The predicted octanol–water partition coefficient (Wildman–Crippen LogP) is 5.08. The molecule has 0 amide bonds. The van der Waals surface area contributed by atoms with E-state index in [0.717, 1.165) is 12.0 Å². The highest BCUT2D eigenvalue weighted by Gasteiger charge is 2.06. The van der Waals surface area contributed by atoms with E-state index in [-0.39, 0.29) is 0 Å². The van der Waals surface area contributed by atoms with Crippen molar-refractivity contribution in [3.05, 3.63) is 44.1 Å². The maximum atomic E-state index is 8.49. The van der Waals surface area contributed by atoms with Crippen molar-refractivity contribution in [1.82, 2.24) is 0 Å². The van der Waals surface area contributed by atoms with Crippen LogP contribution in [0.25, 0.3) is 20.9 Å². The lowest BCUT2D eigenvalue weighted by Crippen LogP contribution is -1.94. The van der Waals surface area contributed by atoms with Crippen LogP contribution in [0.3, 0.4) is 0 Å². The first kappa shape index (κ1) is 12.9. The van der Waals surface area contributed by atoms with Crippen molar-refractivity contribution in [2.45, 2.75) is 27.2 Å². The summed E-state index contributed by atoms with van der Waals surface area (Å²) in [6.45, 7) is 5.97.